The van der Waals surface area contributed by atoms with Crippen LogP contribution in [0.15, 0.2) is 36.4 Å². The molecular formula is C36H48N6. The van der Waals surface area contributed by atoms with E-state index in [4.69, 9.17) is 0 Å². The molecule has 3 aliphatic heterocycles. The summed E-state index contributed by atoms with van der Waals surface area (Å²) in [5.41, 5.74) is 8.36. The molecule has 0 bridgehead atoms. The molecule has 42 heavy (non-hydrogen) atoms. The minimum Gasteiger partial charge on any atom is -0.368 e. The SMILES string of the molecule is CCN1CCN(CC)c2cc3c(cc21)c1cc2c(cc1c1cc4c(cc31)N(CC)CCN4CC)N(CC)CCN2CC. The van der Waals surface area contributed by atoms with Gasteiger partial charge in [-0.05, 0) is 110 Å². The highest BCUT2D eigenvalue weighted by Gasteiger charge is 2.28. The Labute approximate surface area is 252 Å². The van der Waals surface area contributed by atoms with Crippen molar-refractivity contribution in [2.45, 2.75) is 41.5 Å². The van der Waals surface area contributed by atoms with Gasteiger partial charge in [0.1, 0.15) is 0 Å². The lowest BCUT2D eigenvalue weighted by Crippen LogP contribution is -2.41. The lowest BCUT2D eigenvalue weighted by Gasteiger charge is -2.40. The summed E-state index contributed by atoms with van der Waals surface area (Å²) in [6.45, 7) is 26.6. The Morgan fingerprint density at radius 3 is 0.571 bits per heavy atom. The quantitative estimate of drug-likeness (QED) is 0.230. The van der Waals surface area contributed by atoms with E-state index >= 15 is 0 Å². The van der Waals surface area contributed by atoms with Crippen LogP contribution in [0.1, 0.15) is 41.5 Å². The van der Waals surface area contributed by atoms with Crippen molar-refractivity contribution in [1.29, 1.82) is 0 Å². The van der Waals surface area contributed by atoms with Gasteiger partial charge in [0, 0.05) is 78.5 Å². The van der Waals surface area contributed by atoms with Crippen LogP contribution >= 0.6 is 0 Å². The van der Waals surface area contributed by atoms with Gasteiger partial charge in [-0.2, -0.15) is 0 Å². The summed E-state index contributed by atoms with van der Waals surface area (Å²) in [6.07, 6.45) is 0. The van der Waals surface area contributed by atoms with E-state index in [0.717, 1.165) is 78.5 Å². The van der Waals surface area contributed by atoms with E-state index in [-0.39, 0.29) is 0 Å². The average molecular weight is 565 g/mol. The molecule has 0 spiro atoms. The summed E-state index contributed by atoms with van der Waals surface area (Å²) in [5, 5.41) is 8.37. The van der Waals surface area contributed by atoms with Crippen LogP contribution < -0.4 is 29.4 Å². The molecular weight excluding hydrogens is 516 g/mol. The van der Waals surface area contributed by atoms with Crippen LogP contribution in [0.2, 0.25) is 0 Å². The molecule has 0 fully saturated rings. The van der Waals surface area contributed by atoms with Crippen LogP contribution in [0.25, 0.3) is 32.3 Å². The Bertz CT molecular complexity index is 1320. The number of anilines is 6. The van der Waals surface area contributed by atoms with Crippen LogP contribution in [-0.2, 0) is 0 Å². The maximum absolute atomic E-state index is 2.58. The van der Waals surface area contributed by atoms with Gasteiger partial charge in [0.15, 0.2) is 0 Å². The van der Waals surface area contributed by atoms with Gasteiger partial charge in [0.2, 0.25) is 0 Å². The number of fused-ring (bicyclic) bond motifs is 9. The van der Waals surface area contributed by atoms with E-state index in [2.05, 4.69) is 107 Å². The van der Waals surface area contributed by atoms with Gasteiger partial charge in [0.25, 0.3) is 0 Å². The van der Waals surface area contributed by atoms with Gasteiger partial charge in [-0.1, -0.05) is 0 Å². The first kappa shape index (κ1) is 27.3. The zero-order valence-electron chi connectivity index (χ0n) is 26.6. The summed E-state index contributed by atoms with van der Waals surface area (Å²) in [6, 6.07) is 15.2. The van der Waals surface area contributed by atoms with Crippen molar-refractivity contribution in [3.8, 4) is 0 Å². The number of nitrogens with zero attached hydrogens (tertiary/aromatic N) is 6. The Balaban J connectivity index is 1.64. The molecule has 0 N–H and O–H groups in total. The monoisotopic (exact) mass is 564 g/mol. The molecule has 0 atom stereocenters. The zero-order valence-corrected chi connectivity index (χ0v) is 26.6. The van der Waals surface area contributed by atoms with Crippen LogP contribution in [0, 0.1) is 0 Å². The summed E-state index contributed by atoms with van der Waals surface area (Å²) in [5.74, 6) is 0. The molecule has 6 nitrogen and oxygen atoms in total. The predicted molar refractivity (Wildman–Crippen MR) is 186 cm³/mol. The second kappa shape index (κ2) is 10.6. The molecule has 4 aromatic rings. The summed E-state index contributed by atoms with van der Waals surface area (Å²) >= 11 is 0. The molecule has 7 rings (SSSR count). The fourth-order valence-electron chi connectivity index (χ4n) is 8.00. The molecule has 0 amide bonds. The molecule has 6 heteroatoms. The predicted octanol–water partition coefficient (Wildman–Crippen LogP) is 7.14. The van der Waals surface area contributed by atoms with Crippen LogP contribution in [-0.4, -0.2) is 78.5 Å². The Hall–Kier alpha value is -3.54. The van der Waals surface area contributed by atoms with Crippen molar-refractivity contribution >= 4 is 66.4 Å². The highest BCUT2D eigenvalue weighted by atomic mass is 15.3. The van der Waals surface area contributed by atoms with E-state index < -0.39 is 0 Å². The van der Waals surface area contributed by atoms with Gasteiger partial charge in [-0.3, -0.25) is 0 Å². The third-order valence-corrected chi connectivity index (χ3v) is 10.5. The molecule has 3 aliphatic rings. The number of rotatable bonds is 6. The topological polar surface area (TPSA) is 19.4 Å². The Kier molecular flexibility index (Phi) is 6.91. The summed E-state index contributed by atoms with van der Waals surface area (Å²) < 4.78 is 0. The second-order valence-electron chi connectivity index (χ2n) is 12.1. The first-order valence-corrected chi connectivity index (χ1v) is 16.6. The van der Waals surface area contributed by atoms with Gasteiger partial charge < -0.3 is 29.4 Å². The minimum atomic E-state index is 1.04. The molecule has 0 radical (unpaired) electrons. The smallest absolute Gasteiger partial charge is 0.0611 e. The van der Waals surface area contributed by atoms with Crippen molar-refractivity contribution in [2.75, 3.05) is 108 Å². The van der Waals surface area contributed by atoms with E-state index in [0.29, 0.717) is 0 Å². The average Bonchev–Trinajstić information content (AvgIpc) is 3.04. The van der Waals surface area contributed by atoms with Gasteiger partial charge >= 0.3 is 0 Å². The largest absolute Gasteiger partial charge is 0.368 e. The van der Waals surface area contributed by atoms with Crippen molar-refractivity contribution in [2.24, 2.45) is 0 Å². The number of likely N-dealkylation sites (N-methyl/N-ethyl adjacent to an activating group) is 6. The molecule has 4 aromatic carbocycles. The third kappa shape index (κ3) is 3.97. The number of hydrogen-bond acceptors (Lipinski definition) is 6. The normalized spacial score (nSPS) is 17.0. The lowest BCUT2D eigenvalue weighted by atomic mass is 9.90. The fourth-order valence-corrected chi connectivity index (χ4v) is 8.00. The van der Waals surface area contributed by atoms with Gasteiger partial charge in [0.05, 0.1) is 34.1 Å². The minimum absolute atomic E-state index is 1.04. The van der Waals surface area contributed by atoms with E-state index in [9.17, 15) is 0 Å². The highest BCUT2D eigenvalue weighted by Crippen LogP contribution is 2.48. The summed E-state index contributed by atoms with van der Waals surface area (Å²) in [7, 11) is 0. The maximum atomic E-state index is 2.58. The maximum Gasteiger partial charge on any atom is 0.0611 e. The summed E-state index contributed by atoms with van der Waals surface area (Å²) in [4.78, 5) is 15.5. The van der Waals surface area contributed by atoms with E-state index in [1.54, 1.807) is 0 Å². The zero-order chi connectivity index (χ0) is 29.1. The second-order valence-corrected chi connectivity index (χ2v) is 12.1. The standard InChI is InChI=1S/C36H48N6/c1-7-37-13-14-38(8-2)32-20-26-25(19-31(32)37)27-21-33-35(41(11-5)16-15-39(33)9-3)23-29(27)30-24-36-34(22-28(26)30)40(10-4)17-18-42(36)12-6/h19-24H,7-18H2,1-6H3. The van der Waals surface area contributed by atoms with Crippen LogP contribution in [0.4, 0.5) is 34.1 Å². The molecule has 0 aromatic heterocycles. The van der Waals surface area contributed by atoms with Crippen molar-refractivity contribution in [3.05, 3.63) is 36.4 Å². The van der Waals surface area contributed by atoms with Gasteiger partial charge in [-0.15, -0.1) is 0 Å². The number of benzene rings is 4. The highest BCUT2D eigenvalue weighted by molar-refractivity contribution is 6.29. The van der Waals surface area contributed by atoms with E-state index in [1.807, 2.05) is 0 Å². The molecule has 0 saturated heterocycles. The molecule has 0 unspecified atom stereocenters. The van der Waals surface area contributed by atoms with Crippen LogP contribution in [0.5, 0.6) is 0 Å². The van der Waals surface area contributed by atoms with Crippen molar-refractivity contribution in [1.82, 2.24) is 0 Å². The van der Waals surface area contributed by atoms with Crippen LogP contribution in [0.3, 0.4) is 0 Å². The van der Waals surface area contributed by atoms with Gasteiger partial charge in [-0.25, -0.2) is 0 Å². The third-order valence-electron chi connectivity index (χ3n) is 10.5. The molecule has 0 saturated carbocycles. The lowest BCUT2D eigenvalue weighted by molar-refractivity contribution is 0.723. The fraction of sp³-hybridized carbons (Fsp3) is 0.500. The number of hydrogen-bond donors (Lipinski definition) is 0. The van der Waals surface area contributed by atoms with E-state index in [1.165, 1.54) is 66.4 Å². The Morgan fingerprint density at radius 1 is 0.310 bits per heavy atom. The molecule has 0 aliphatic carbocycles. The first-order valence-electron chi connectivity index (χ1n) is 16.6. The first-order chi connectivity index (χ1) is 20.5. The van der Waals surface area contributed by atoms with Crippen molar-refractivity contribution < 1.29 is 0 Å². The molecule has 222 valence electrons. The molecule has 3 heterocycles. The van der Waals surface area contributed by atoms with Crippen molar-refractivity contribution in [3.63, 3.8) is 0 Å². The Morgan fingerprint density at radius 2 is 0.452 bits per heavy atom.